The van der Waals surface area contributed by atoms with E-state index in [2.05, 4.69) is 5.10 Å². The van der Waals surface area contributed by atoms with Crippen LogP contribution in [0.25, 0.3) is 5.69 Å². The summed E-state index contributed by atoms with van der Waals surface area (Å²) in [5, 5.41) is 14.1. The molecule has 0 amide bonds. The van der Waals surface area contributed by atoms with E-state index in [1.54, 1.807) is 12.1 Å². The normalized spacial score (nSPS) is 15.0. The third-order valence-corrected chi connectivity index (χ3v) is 6.34. The molecular formula is C22H24FN3O4S. The van der Waals surface area contributed by atoms with Gasteiger partial charge in [0.2, 0.25) is 5.88 Å². The molecule has 0 fully saturated rings. The first-order valence-electron chi connectivity index (χ1n) is 10.0. The molecule has 7 nitrogen and oxygen atoms in total. The maximum atomic E-state index is 14.4. The van der Waals surface area contributed by atoms with Gasteiger partial charge in [-0.1, -0.05) is 42.0 Å². The van der Waals surface area contributed by atoms with Crippen LogP contribution in [0.5, 0.6) is 5.88 Å². The van der Waals surface area contributed by atoms with E-state index in [9.17, 15) is 17.9 Å². The summed E-state index contributed by atoms with van der Waals surface area (Å²) in [6.07, 6.45) is 0.235. The number of fused-ring (bicyclic) bond motifs is 1. The number of benzene rings is 2. The molecule has 9 heteroatoms. The quantitative estimate of drug-likeness (QED) is 0.563. The molecule has 1 aromatic heterocycles. The monoisotopic (exact) mass is 445 g/mol. The molecule has 0 saturated heterocycles. The van der Waals surface area contributed by atoms with Gasteiger partial charge in [0.15, 0.2) is 0 Å². The maximum Gasteiger partial charge on any atom is 0.311 e. The predicted molar refractivity (Wildman–Crippen MR) is 114 cm³/mol. The molecule has 3 aromatic rings. The van der Waals surface area contributed by atoms with Crippen molar-refractivity contribution >= 4 is 10.1 Å². The molecule has 1 aliphatic heterocycles. The summed E-state index contributed by atoms with van der Waals surface area (Å²) in [7, 11) is -3.75. The summed E-state index contributed by atoms with van der Waals surface area (Å²) in [5.74, 6) is -0.656. The van der Waals surface area contributed by atoms with Crippen molar-refractivity contribution in [3.63, 3.8) is 0 Å². The molecule has 164 valence electrons. The van der Waals surface area contributed by atoms with Gasteiger partial charge in [0.05, 0.1) is 18.1 Å². The summed E-state index contributed by atoms with van der Waals surface area (Å²) in [6.45, 7) is 3.34. The van der Waals surface area contributed by atoms with E-state index < -0.39 is 15.9 Å². The Morgan fingerprint density at radius 1 is 1.16 bits per heavy atom. The fourth-order valence-electron chi connectivity index (χ4n) is 3.64. The minimum Gasteiger partial charge on any atom is -0.395 e. The van der Waals surface area contributed by atoms with Crippen LogP contribution >= 0.6 is 0 Å². The third-order valence-electron chi connectivity index (χ3n) is 5.22. The summed E-state index contributed by atoms with van der Waals surface area (Å²) < 4.78 is 45.1. The van der Waals surface area contributed by atoms with Crippen molar-refractivity contribution in [1.82, 2.24) is 14.7 Å². The average Bonchev–Trinajstić information content (AvgIpc) is 3.06. The Morgan fingerprint density at radius 2 is 1.90 bits per heavy atom. The SMILES string of the molecule is Cc1ccc(CN(CCO)Cc2nn(-c3ccccc3F)c3c2CCS(=O)(=O)O3)cc1. The van der Waals surface area contributed by atoms with Gasteiger partial charge in [0.1, 0.15) is 11.5 Å². The van der Waals surface area contributed by atoms with E-state index in [1.807, 2.05) is 36.1 Å². The van der Waals surface area contributed by atoms with E-state index in [0.717, 1.165) is 11.1 Å². The van der Waals surface area contributed by atoms with Gasteiger partial charge in [-0.05, 0) is 31.0 Å². The van der Waals surface area contributed by atoms with Gasteiger partial charge in [-0.15, -0.1) is 0 Å². The first-order chi connectivity index (χ1) is 14.9. The second-order valence-electron chi connectivity index (χ2n) is 7.61. The van der Waals surface area contributed by atoms with Gasteiger partial charge in [0.25, 0.3) is 0 Å². The standard InChI is InChI=1S/C22H24FN3O4S/c1-16-6-8-17(9-7-16)14-25(11-12-27)15-20-18-10-13-31(28,29)30-22(18)26(24-20)21-5-3-2-4-19(21)23/h2-9,27H,10-15H2,1H3. The van der Waals surface area contributed by atoms with E-state index in [0.29, 0.717) is 30.9 Å². The highest BCUT2D eigenvalue weighted by Gasteiger charge is 2.32. The highest BCUT2D eigenvalue weighted by molar-refractivity contribution is 7.87. The van der Waals surface area contributed by atoms with Crippen molar-refractivity contribution in [1.29, 1.82) is 0 Å². The fraction of sp³-hybridized carbons (Fsp3) is 0.318. The highest BCUT2D eigenvalue weighted by Crippen LogP contribution is 2.33. The molecule has 0 radical (unpaired) electrons. The van der Waals surface area contributed by atoms with Gasteiger partial charge in [-0.2, -0.15) is 18.2 Å². The summed E-state index contributed by atoms with van der Waals surface area (Å²) in [5.41, 5.74) is 3.61. The predicted octanol–water partition coefficient (Wildman–Crippen LogP) is 2.58. The molecule has 2 heterocycles. The highest BCUT2D eigenvalue weighted by atomic mass is 32.2. The number of nitrogens with zero attached hydrogens (tertiary/aromatic N) is 3. The second kappa shape index (κ2) is 8.78. The zero-order valence-electron chi connectivity index (χ0n) is 17.2. The molecular weight excluding hydrogens is 421 g/mol. The number of aliphatic hydroxyl groups is 1. The van der Waals surface area contributed by atoms with Gasteiger partial charge in [0, 0.05) is 25.2 Å². The Balaban J connectivity index is 1.70. The first-order valence-corrected chi connectivity index (χ1v) is 11.6. The van der Waals surface area contributed by atoms with E-state index >= 15 is 0 Å². The lowest BCUT2D eigenvalue weighted by atomic mass is 10.1. The molecule has 2 aromatic carbocycles. The van der Waals surface area contributed by atoms with Crippen molar-refractivity contribution < 1.29 is 22.1 Å². The number of hydrogen-bond donors (Lipinski definition) is 1. The molecule has 0 aliphatic carbocycles. The largest absolute Gasteiger partial charge is 0.395 e. The third kappa shape index (κ3) is 4.79. The van der Waals surface area contributed by atoms with Gasteiger partial charge >= 0.3 is 10.1 Å². The zero-order valence-corrected chi connectivity index (χ0v) is 18.0. The number of aliphatic hydroxyl groups excluding tert-OH is 1. The molecule has 0 bridgehead atoms. The Kier molecular flexibility index (Phi) is 6.08. The van der Waals surface area contributed by atoms with Crippen LogP contribution in [0.4, 0.5) is 4.39 Å². The second-order valence-corrected chi connectivity index (χ2v) is 9.30. The van der Waals surface area contributed by atoms with Crippen molar-refractivity contribution in [2.75, 3.05) is 18.9 Å². The van der Waals surface area contributed by atoms with Crippen LogP contribution in [0.1, 0.15) is 22.4 Å². The van der Waals surface area contributed by atoms with Crippen molar-refractivity contribution in [2.45, 2.75) is 26.4 Å². The van der Waals surface area contributed by atoms with Crippen molar-refractivity contribution in [2.24, 2.45) is 0 Å². The molecule has 4 rings (SSSR count). The molecule has 0 atom stereocenters. The minimum absolute atomic E-state index is 0.0330. The molecule has 0 unspecified atom stereocenters. The lowest BCUT2D eigenvalue weighted by Gasteiger charge is -2.21. The van der Waals surface area contributed by atoms with Gasteiger partial charge < -0.3 is 9.29 Å². The van der Waals surface area contributed by atoms with Crippen LogP contribution in [0, 0.1) is 12.7 Å². The number of rotatable bonds is 7. The average molecular weight is 446 g/mol. The van der Waals surface area contributed by atoms with Crippen LogP contribution < -0.4 is 4.18 Å². The van der Waals surface area contributed by atoms with Crippen molar-refractivity contribution in [3.8, 4) is 11.6 Å². The Hall–Kier alpha value is -2.75. The molecule has 1 N–H and O–H groups in total. The Labute approximate surface area is 180 Å². The van der Waals surface area contributed by atoms with Gasteiger partial charge in [-0.25, -0.2) is 4.39 Å². The van der Waals surface area contributed by atoms with Crippen LogP contribution in [0.2, 0.25) is 0 Å². The number of aryl methyl sites for hydroxylation is 1. The number of hydrogen-bond acceptors (Lipinski definition) is 6. The lowest BCUT2D eigenvalue weighted by molar-refractivity contribution is 0.182. The zero-order chi connectivity index (χ0) is 22.0. The van der Waals surface area contributed by atoms with Crippen LogP contribution in [-0.4, -0.2) is 47.1 Å². The number of halogens is 1. The maximum absolute atomic E-state index is 14.4. The topological polar surface area (TPSA) is 84.7 Å². The van der Waals surface area contributed by atoms with Crippen LogP contribution in [0.3, 0.4) is 0 Å². The Bertz CT molecular complexity index is 1180. The van der Waals surface area contributed by atoms with Crippen molar-refractivity contribution in [3.05, 3.63) is 76.7 Å². The summed E-state index contributed by atoms with van der Waals surface area (Å²) in [4.78, 5) is 2.02. The van der Waals surface area contributed by atoms with Crippen LogP contribution in [-0.2, 0) is 29.6 Å². The lowest BCUT2D eigenvalue weighted by Crippen LogP contribution is -2.27. The Morgan fingerprint density at radius 3 is 2.61 bits per heavy atom. The van der Waals surface area contributed by atoms with Crippen LogP contribution in [0.15, 0.2) is 48.5 Å². The van der Waals surface area contributed by atoms with Gasteiger partial charge in [-0.3, -0.25) is 4.90 Å². The smallest absolute Gasteiger partial charge is 0.311 e. The molecule has 0 saturated carbocycles. The van der Waals surface area contributed by atoms with E-state index in [1.165, 1.54) is 16.8 Å². The molecule has 31 heavy (non-hydrogen) atoms. The van der Waals surface area contributed by atoms with E-state index in [4.69, 9.17) is 4.18 Å². The fourth-order valence-corrected chi connectivity index (χ4v) is 4.59. The number of para-hydroxylation sites is 1. The summed E-state index contributed by atoms with van der Waals surface area (Å²) >= 11 is 0. The minimum atomic E-state index is -3.75. The summed E-state index contributed by atoms with van der Waals surface area (Å²) in [6, 6.07) is 14.1. The first kappa shape index (κ1) is 21.5. The molecule has 1 aliphatic rings. The number of aromatic nitrogens is 2. The molecule has 0 spiro atoms. The van der Waals surface area contributed by atoms with E-state index in [-0.39, 0.29) is 30.3 Å².